The molecule has 5 nitrogen and oxygen atoms in total. The third-order valence-electron chi connectivity index (χ3n) is 5.32. The molecule has 2 N–H and O–H groups in total. The number of nitrogens with zero attached hydrogens (tertiary/aromatic N) is 1. The number of carbonyl (C=O) groups is 1. The van der Waals surface area contributed by atoms with Crippen molar-refractivity contribution in [2.24, 2.45) is 0 Å². The third kappa shape index (κ3) is 2.69. The number of H-pyrrole nitrogens is 1. The first kappa shape index (κ1) is 16.5. The van der Waals surface area contributed by atoms with Crippen LogP contribution in [0.4, 0.5) is 0 Å². The van der Waals surface area contributed by atoms with Crippen LogP contribution >= 0.6 is 0 Å². The molecule has 3 aromatic rings. The van der Waals surface area contributed by atoms with E-state index in [4.69, 9.17) is 0 Å². The maximum absolute atomic E-state index is 12.8. The fourth-order valence-corrected chi connectivity index (χ4v) is 3.82. The van der Waals surface area contributed by atoms with Crippen molar-refractivity contribution in [3.05, 3.63) is 75.6 Å². The van der Waals surface area contributed by atoms with Crippen molar-refractivity contribution in [1.29, 1.82) is 0 Å². The van der Waals surface area contributed by atoms with E-state index in [1.807, 2.05) is 18.2 Å². The Hall–Kier alpha value is -2.95. The van der Waals surface area contributed by atoms with Crippen molar-refractivity contribution >= 4 is 16.8 Å². The molecule has 1 aliphatic rings. The topological polar surface area (TPSA) is 74.8 Å². The van der Waals surface area contributed by atoms with E-state index >= 15 is 0 Å². The van der Waals surface area contributed by atoms with Gasteiger partial charge < -0.3 is 5.32 Å². The third-order valence-corrected chi connectivity index (χ3v) is 5.32. The normalized spacial score (nSPS) is 18.3. The summed E-state index contributed by atoms with van der Waals surface area (Å²) in [7, 11) is 0. The minimum atomic E-state index is -0.434. The molecule has 0 saturated heterocycles. The second-order valence-corrected chi connectivity index (χ2v) is 7.48. The first-order valence-corrected chi connectivity index (χ1v) is 8.85. The molecule has 0 aliphatic heterocycles. The molecule has 1 heterocycles. The quantitative estimate of drug-likeness (QED) is 0.745. The average molecular weight is 347 g/mol. The number of benzene rings is 2. The number of hydrogen-bond acceptors (Lipinski definition) is 3. The maximum Gasteiger partial charge on any atom is 0.276 e. The van der Waals surface area contributed by atoms with Gasteiger partial charge in [-0.05, 0) is 41.5 Å². The predicted molar refractivity (Wildman–Crippen MR) is 101 cm³/mol. The summed E-state index contributed by atoms with van der Waals surface area (Å²) in [6.45, 7) is 4.44. The first-order chi connectivity index (χ1) is 12.5. The van der Waals surface area contributed by atoms with Gasteiger partial charge in [0.25, 0.3) is 5.91 Å². The van der Waals surface area contributed by atoms with Gasteiger partial charge in [-0.1, -0.05) is 50.2 Å². The Morgan fingerprint density at radius 1 is 1.15 bits per heavy atom. The molecule has 1 amide bonds. The standard InChI is InChI=1S/C21H21N3O2/c1-21(2)12-11-16(13-7-3-5-9-15(13)21)22-20(26)18-19(25)14-8-4-6-10-17(14)23-24-18/h3-10,16H,11-12H2,1-2H3,(H,22,26)(H,23,25)/t16-/m0/s1. The fraction of sp³-hybridized carbons (Fsp3) is 0.286. The molecule has 1 atom stereocenters. The number of hydrogen-bond donors (Lipinski definition) is 2. The number of aromatic nitrogens is 2. The molecular formula is C21H21N3O2. The van der Waals surface area contributed by atoms with Crippen LogP contribution in [0, 0.1) is 0 Å². The molecule has 0 fully saturated rings. The molecule has 1 aromatic heterocycles. The summed E-state index contributed by atoms with van der Waals surface area (Å²) >= 11 is 0. The van der Waals surface area contributed by atoms with E-state index in [0.717, 1.165) is 18.4 Å². The number of rotatable bonds is 2. The van der Waals surface area contributed by atoms with Crippen LogP contribution in [0.5, 0.6) is 0 Å². The molecule has 26 heavy (non-hydrogen) atoms. The minimum Gasteiger partial charge on any atom is -0.344 e. The highest BCUT2D eigenvalue weighted by Crippen LogP contribution is 2.41. The van der Waals surface area contributed by atoms with Crippen molar-refractivity contribution in [3.63, 3.8) is 0 Å². The number of amides is 1. The Morgan fingerprint density at radius 2 is 1.88 bits per heavy atom. The van der Waals surface area contributed by atoms with E-state index in [9.17, 15) is 9.59 Å². The number of para-hydroxylation sites is 1. The van der Waals surface area contributed by atoms with Gasteiger partial charge in [-0.25, -0.2) is 0 Å². The highest BCUT2D eigenvalue weighted by molar-refractivity contribution is 5.95. The minimum absolute atomic E-state index is 0.0799. The number of carbonyl (C=O) groups excluding carboxylic acids is 1. The van der Waals surface area contributed by atoms with Gasteiger partial charge in [0, 0.05) is 5.39 Å². The first-order valence-electron chi connectivity index (χ1n) is 8.85. The van der Waals surface area contributed by atoms with Gasteiger partial charge in [-0.15, -0.1) is 0 Å². The number of fused-ring (bicyclic) bond motifs is 2. The number of nitrogens with one attached hydrogen (secondary N) is 2. The number of aromatic amines is 1. The van der Waals surface area contributed by atoms with Crippen LogP contribution in [0.3, 0.4) is 0 Å². The van der Waals surface area contributed by atoms with E-state index < -0.39 is 5.91 Å². The monoisotopic (exact) mass is 347 g/mol. The van der Waals surface area contributed by atoms with Crippen molar-refractivity contribution in [2.45, 2.75) is 38.1 Å². The summed E-state index contributed by atoms with van der Waals surface area (Å²) < 4.78 is 0. The summed E-state index contributed by atoms with van der Waals surface area (Å²) in [6, 6.07) is 15.1. The van der Waals surface area contributed by atoms with E-state index in [-0.39, 0.29) is 22.6 Å². The Balaban J connectivity index is 1.67. The van der Waals surface area contributed by atoms with Crippen LogP contribution in [0.2, 0.25) is 0 Å². The lowest BCUT2D eigenvalue weighted by Gasteiger charge is -2.37. The van der Waals surface area contributed by atoms with Gasteiger partial charge in [0.1, 0.15) is 0 Å². The molecular weight excluding hydrogens is 326 g/mol. The average Bonchev–Trinajstić information content (AvgIpc) is 2.65. The van der Waals surface area contributed by atoms with Crippen molar-refractivity contribution in [2.75, 3.05) is 0 Å². The zero-order chi connectivity index (χ0) is 18.3. The molecule has 132 valence electrons. The molecule has 0 radical (unpaired) electrons. The SMILES string of the molecule is CC1(C)CC[C@H](NC(=O)c2n[nH]c3ccccc3c2=O)c2ccccc21. The van der Waals surface area contributed by atoms with Crippen molar-refractivity contribution < 1.29 is 4.79 Å². The summed E-state index contributed by atoms with van der Waals surface area (Å²) in [6.07, 6.45) is 1.80. The molecule has 5 heteroatoms. The van der Waals surface area contributed by atoms with E-state index in [1.54, 1.807) is 18.2 Å². The Kier molecular flexibility index (Phi) is 3.87. The predicted octanol–water partition coefficient (Wildman–Crippen LogP) is 3.47. The zero-order valence-corrected chi connectivity index (χ0v) is 14.9. The van der Waals surface area contributed by atoms with Gasteiger partial charge in [-0.3, -0.25) is 14.7 Å². The second kappa shape index (κ2) is 6.09. The van der Waals surface area contributed by atoms with Crippen LogP contribution in [0.15, 0.2) is 53.3 Å². The van der Waals surface area contributed by atoms with Gasteiger partial charge in [0.2, 0.25) is 5.43 Å². The van der Waals surface area contributed by atoms with E-state index in [2.05, 4.69) is 41.5 Å². The second-order valence-electron chi connectivity index (χ2n) is 7.48. The lowest BCUT2D eigenvalue weighted by molar-refractivity contribution is 0.0922. The largest absolute Gasteiger partial charge is 0.344 e. The van der Waals surface area contributed by atoms with Crippen LogP contribution < -0.4 is 10.7 Å². The smallest absolute Gasteiger partial charge is 0.276 e. The molecule has 0 bridgehead atoms. The highest BCUT2D eigenvalue weighted by atomic mass is 16.2. The maximum atomic E-state index is 12.8. The molecule has 0 saturated carbocycles. The Morgan fingerprint density at radius 3 is 2.73 bits per heavy atom. The van der Waals surface area contributed by atoms with Crippen molar-refractivity contribution in [3.8, 4) is 0 Å². The Bertz CT molecular complexity index is 1050. The van der Waals surface area contributed by atoms with E-state index in [1.165, 1.54) is 5.56 Å². The molecule has 4 rings (SSSR count). The molecule has 0 spiro atoms. The lowest BCUT2D eigenvalue weighted by atomic mass is 9.71. The van der Waals surface area contributed by atoms with Gasteiger partial charge in [-0.2, -0.15) is 5.10 Å². The van der Waals surface area contributed by atoms with Gasteiger partial charge in [0.05, 0.1) is 11.6 Å². The van der Waals surface area contributed by atoms with Crippen molar-refractivity contribution in [1.82, 2.24) is 15.5 Å². The summed E-state index contributed by atoms with van der Waals surface area (Å²) in [4.78, 5) is 25.4. The molecule has 2 aromatic carbocycles. The Labute approximate surface area is 151 Å². The van der Waals surface area contributed by atoms with Gasteiger partial charge >= 0.3 is 0 Å². The fourth-order valence-electron chi connectivity index (χ4n) is 3.82. The highest BCUT2D eigenvalue weighted by Gasteiger charge is 2.33. The summed E-state index contributed by atoms with van der Waals surface area (Å²) in [5.41, 5.74) is 2.63. The van der Waals surface area contributed by atoms with Crippen LogP contribution in [0.1, 0.15) is 54.3 Å². The zero-order valence-electron chi connectivity index (χ0n) is 14.9. The van der Waals surface area contributed by atoms with Gasteiger partial charge in [0.15, 0.2) is 5.69 Å². The molecule has 1 aliphatic carbocycles. The van der Waals surface area contributed by atoms with Crippen LogP contribution in [-0.4, -0.2) is 16.1 Å². The van der Waals surface area contributed by atoms with E-state index in [0.29, 0.717) is 10.9 Å². The van der Waals surface area contributed by atoms with Crippen LogP contribution in [0.25, 0.3) is 10.9 Å². The lowest BCUT2D eigenvalue weighted by Crippen LogP contribution is -2.38. The summed E-state index contributed by atoms with van der Waals surface area (Å²) in [5.74, 6) is -0.434. The molecule has 0 unspecified atom stereocenters. The van der Waals surface area contributed by atoms with Crippen LogP contribution in [-0.2, 0) is 5.41 Å². The summed E-state index contributed by atoms with van der Waals surface area (Å²) in [5, 5.41) is 10.3.